The summed E-state index contributed by atoms with van der Waals surface area (Å²) < 4.78 is 10.7. The Labute approximate surface area is 137 Å². The van der Waals surface area contributed by atoms with Crippen LogP contribution in [0.3, 0.4) is 0 Å². The van der Waals surface area contributed by atoms with Gasteiger partial charge in [-0.1, -0.05) is 17.7 Å². The highest BCUT2D eigenvalue weighted by Gasteiger charge is 2.28. The Morgan fingerprint density at radius 1 is 1.52 bits per heavy atom. The third-order valence-corrected chi connectivity index (χ3v) is 3.73. The van der Waals surface area contributed by atoms with Gasteiger partial charge in [0.1, 0.15) is 6.61 Å². The van der Waals surface area contributed by atoms with Crippen LogP contribution in [0.5, 0.6) is 5.88 Å². The van der Waals surface area contributed by atoms with Gasteiger partial charge in [0.15, 0.2) is 6.10 Å². The Morgan fingerprint density at radius 3 is 3.17 bits per heavy atom. The molecule has 1 atom stereocenters. The van der Waals surface area contributed by atoms with E-state index in [-0.39, 0.29) is 13.2 Å². The average Bonchev–Trinajstić information content (AvgIpc) is 2.97. The second kappa shape index (κ2) is 6.55. The van der Waals surface area contributed by atoms with Crippen LogP contribution < -0.4 is 10.1 Å². The van der Waals surface area contributed by atoms with Crippen molar-refractivity contribution in [1.29, 1.82) is 5.26 Å². The summed E-state index contributed by atoms with van der Waals surface area (Å²) in [4.78, 5) is 16.0. The number of ether oxygens (including phenoxy) is 2. The molecule has 0 radical (unpaired) electrons. The normalized spacial score (nSPS) is 15.2. The van der Waals surface area contributed by atoms with Crippen molar-refractivity contribution >= 4 is 17.7 Å². The van der Waals surface area contributed by atoms with Gasteiger partial charge in [-0.2, -0.15) is 5.26 Å². The van der Waals surface area contributed by atoms with Crippen LogP contribution in [0.25, 0.3) is 0 Å². The zero-order chi connectivity index (χ0) is 16.2. The summed E-state index contributed by atoms with van der Waals surface area (Å²) in [5, 5.41) is 11.8. The van der Waals surface area contributed by atoms with Crippen molar-refractivity contribution in [3.8, 4) is 11.9 Å². The number of pyridine rings is 1. The van der Waals surface area contributed by atoms with Crippen molar-refractivity contribution < 1.29 is 14.3 Å². The first kappa shape index (κ1) is 15.1. The number of halogens is 1. The monoisotopic (exact) mass is 329 g/mol. The first-order valence-electron chi connectivity index (χ1n) is 6.88. The van der Waals surface area contributed by atoms with E-state index in [4.69, 9.17) is 26.3 Å². The number of amides is 1. The van der Waals surface area contributed by atoms with Crippen molar-refractivity contribution in [2.45, 2.75) is 12.6 Å². The van der Waals surface area contributed by atoms with Gasteiger partial charge in [0.2, 0.25) is 5.88 Å². The zero-order valence-corrected chi connectivity index (χ0v) is 12.7. The van der Waals surface area contributed by atoms with E-state index >= 15 is 0 Å². The Balaban J connectivity index is 1.58. The minimum atomic E-state index is -0.573. The number of hydrogen-bond donors (Lipinski definition) is 1. The number of aromatic nitrogens is 1. The van der Waals surface area contributed by atoms with Gasteiger partial charge in [-0.3, -0.25) is 0 Å². The second-order valence-corrected chi connectivity index (χ2v) is 5.28. The lowest BCUT2D eigenvalue weighted by molar-refractivity contribution is 0.0821. The van der Waals surface area contributed by atoms with Crippen LogP contribution in [0.4, 0.5) is 4.79 Å². The molecule has 7 heteroatoms. The number of benzene rings is 1. The summed E-state index contributed by atoms with van der Waals surface area (Å²) >= 11 is 6.06. The fourth-order valence-corrected chi connectivity index (χ4v) is 2.46. The number of carbonyl (C=O) groups excluding carboxylic acids is 1. The van der Waals surface area contributed by atoms with Gasteiger partial charge in [0, 0.05) is 17.8 Å². The SMILES string of the molecule is N#Cc1ccc(CNC(=O)OC2COc3ncccc32)c(Cl)c1. The molecule has 116 valence electrons. The number of nitriles is 1. The summed E-state index contributed by atoms with van der Waals surface area (Å²) in [6, 6.07) is 10.5. The maximum Gasteiger partial charge on any atom is 0.408 e. The molecule has 2 heterocycles. The molecule has 1 aliphatic heterocycles. The molecule has 6 nitrogen and oxygen atoms in total. The van der Waals surface area contributed by atoms with Gasteiger partial charge in [0.05, 0.1) is 17.2 Å². The maximum absolute atomic E-state index is 11.9. The fourth-order valence-electron chi connectivity index (χ4n) is 2.21. The highest BCUT2D eigenvalue weighted by molar-refractivity contribution is 6.31. The lowest BCUT2D eigenvalue weighted by atomic mass is 10.1. The summed E-state index contributed by atoms with van der Waals surface area (Å²) in [6.45, 7) is 0.453. The number of rotatable bonds is 3. The molecule has 0 bridgehead atoms. The summed E-state index contributed by atoms with van der Waals surface area (Å²) in [6.07, 6.45) is 0.569. The third kappa shape index (κ3) is 3.35. The molecule has 1 unspecified atom stereocenters. The lowest BCUT2D eigenvalue weighted by Gasteiger charge is -2.12. The highest BCUT2D eigenvalue weighted by atomic mass is 35.5. The minimum absolute atomic E-state index is 0.205. The molecule has 23 heavy (non-hydrogen) atoms. The largest absolute Gasteiger partial charge is 0.473 e. The van der Waals surface area contributed by atoms with Crippen molar-refractivity contribution in [3.05, 3.63) is 58.2 Å². The molecule has 0 spiro atoms. The molecule has 1 N–H and O–H groups in total. The van der Waals surface area contributed by atoms with E-state index in [9.17, 15) is 4.79 Å². The van der Waals surface area contributed by atoms with E-state index in [1.807, 2.05) is 12.1 Å². The topological polar surface area (TPSA) is 84.2 Å². The van der Waals surface area contributed by atoms with E-state index in [2.05, 4.69) is 10.3 Å². The quantitative estimate of drug-likeness (QED) is 0.935. The van der Waals surface area contributed by atoms with E-state index in [1.54, 1.807) is 30.5 Å². The Hall–Kier alpha value is -2.78. The first-order valence-corrected chi connectivity index (χ1v) is 7.26. The number of hydrogen-bond acceptors (Lipinski definition) is 5. The number of alkyl carbamates (subject to hydrolysis) is 1. The standard InChI is InChI=1S/C16H12ClN3O3/c17-13-6-10(7-18)3-4-11(13)8-20-16(21)23-14-9-22-15-12(14)2-1-5-19-15/h1-6,14H,8-9H2,(H,20,21). The molecule has 2 aromatic rings. The van der Waals surface area contributed by atoms with Crippen LogP contribution >= 0.6 is 11.6 Å². The smallest absolute Gasteiger partial charge is 0.408 e. The van der Waals surface area contributed by atoms with E-state index in [1.165, 1.54) is 0 Å². The van der Waals surface area contributed by atoms with Gasteiger partial charge >= 0.3 is 6.09 Å². The van der Waals surface area contributed by atoms with E-state index < -0.39 is 12.2 Å². The van der Waals surface area contributed by atoms with E-state index in [0.717, 1.165) is 5.56 Å². The summed E-state index contributed by atoms with van der Waals surface area (Å²) in [5.74, 6) is 0.487. The van der Waals surface area contributed by atoms with Crippen LogP contribution in [0.15, 0.2) is 36.5 Å². The van der Waals surface area contributed by atoms with Crippen LogP contribution in [-0.4, -0.2) is 17.7 Å². The highest BCUT2D eigenvalue weighted by Crippen LogP contribution is 2.32. The Morgan fingerprint density at radius 2 is 2.39 bits per heavy atom. The molecule has 0 fully saturated rings. The minimum Gasteiger partial charge on any atom is -0.473 e. The Kier molecular flexibility index (Phi) is 4.31. The Bertz CT molecular complexity index is 788. The number of nitrogens with zero attached hydrogens (tertiary/aromatic N) is 2. The molecule has 0 saturated carbocycles. The maximum atomic E-state index is 11.9. The molecule has 0 aliphatic carbocycles. The van der Waals surface area contributed by atoms with Crippen molar-refractivity contribution in [2.24, 2.45) is 0 Å². The molecule has 0 saturated heterocycles. The van der Waals surface area contributed by atoms with Crippen molar-refractivity contribution in [1.82, 2.24) is 10.3 Å². The number of fused-ring (bicyclic) bond motifs is 1. The predicted octanol–water partition coefficient (Wildman–Crippen LogP) is 2.97. The van der Waals surface area contributed by atoms with E-state index in [0.29, 0.717) is 22.0 Å². The fraction of sp³-hybridized carbons (Fsp3) is 0.188. The van der Waals surface area contributed by atoms with Gasteiger partial charge in [0.25, 0.3) is 0 Å². The molecule has 1 aliphatic rings. The molecule has 1 amide bonds. The predicted molar refractivity (Wildman–Crippen MR) is 82.0 cm³/mol. The van der Waals surface area contributed by atoms with Crippen molar-refractivity contribution in [2.75, 3.05) is 6.61 Å². The lowest BCUT2D eigenvalue weighted by Crippen LogP contribution is -2.26. The van der Waals surface area contributed by atoms with Crippen LogP contribution in [0, 0.1) is 11.3 Å². The molecular weight excluding hydrogens is 318 g/mol. The number of carbonyl (C=O) groups is 1. The summed E-state index contributed by atoms with van der Waals surface area (Å²) in [5.41, 5.74) is 1.92. The van der Waals surface area contributed by atoms with Crippen LogP contribution in [-0.2, 0) is 11.3 Å². The van der Waals surface area contributed by atoms with Crippen molar-refractivity contribution in [3.63, 3.8) is 0 Å². The van der Waals surface area contributed by atoms with Gasteiger partial charge in [-0.25, -0.2) is 9.78 Å². The first-order chi connectivity index (χ1) is 11.2. The zero-order valence-electron chi connectivity index (χ0n) is 12.0. The summed E-state index contributed by atoms with van der Waals surface area (Å²) in [7, 11) is 0. The third-order valence-electron chi connectivity index (χ3n) is 3.37. The van der Waals surface area contributed by atoms with Gasteiger partial charge < -0.3 is 14.8 Å². The number of nitrogens with one attached hydrogen (secondary N) is 1. The molecule has 1 aromatic carbocycles. The molecule has 1 aromatic heterocycles. The average molecular weight is 330 g/mol. The van der Waals surface area contributed by atoms with Crippen LogP contribution in [0.2, 0.25) is 5.02 Å². The molecular formula is C16H12ClN3O3. The second-order valence-electron chi connectivity index (χ2n) is 4.87. The van der Waals surface area contributed by atoms with Gasteiger partial charge in [-0.15, -0.1) is 0 Å². The van der Waals surface area contributed by atoms with Gasteiger partial charge in [-0.05, 0) is 29.8 Å². The van der Waals surface area contributed by atoms with Crippen LogP contribution in [0.1, 0.15) is 22.8 Å². The molecule has 3 rings (SSSR count).